The Morgan fingerprint density at radius 2 is 2.00 bits per heavy atom. The van der Waals surface area contributed by atoms with Gasteiger partial charge in [-0.25, -0.2) is 0 Å². The second kappa shape index (κ2) is 4.71. The van der Waals surface area contributed by atoms with Crippen LogP contribution in [0.15, 0.2) is 11.1 Å². The highest BCUT2D eigenvalue weighted by atomic mass is 16.3. The lowest BCUT2D eigenvalue weighted by Gasteiger charge is -2.53. The average Bonchev–Trinajstić information content (AvgIpc) is 2.79. The number of carbonyl (C=O) groups is 1. The maximum atomic E-state index is 11.7. The summed E-state index contributed by atoms with van der Waals surface area (Å²) in [5.74, 6) is 5.06. The van der Waals surface area contributed by atoms with E-state index in [2.05, 4.69) is 12.8 Å². The molecule has 2 saturated carbocycles. The van der Waals surface area contributed by atoms with Crippen molar-refractivity contribution >= 4 is 5.78 Å². The van der Waals surface area contributed by atoms with E-state index < -0.39 is 5.60 Å². The molecule has 4 aliphatic carbocycles. The van der Waals surface area contributed by atoms with E-state index in [4.69, 9.17) is 6.42 Å². The molecule has 0 unspecified atom stereocenters. The van der Waals surface area contributed by atoms with E-state index in [0.717, 1.165) is 51.4 Å². The van der Waals surface area contributed by atoms with Crippen molar-refractivity contribution in [3.8, 4) is 12.3 Å². The van der Waals surface area contributed by atoms with E-state index in [-0.39, 0.29) is 5.41 Å². The van der Waals surface area contributed by atoms with Crippen molar-refractivity contribution in [1.29, 1.82) is 0 Å². The Balaban J connectivity index is 1.67. The minimum atomic E-state index is -0.903. The molecule has 118 valence electrons. The highest BCUT2D eigenvalue weighted by molar-refractivity contribution is 5.82. The van der Waals surface area contributed by atoms with Crippen LogP contribution in [0.1, 0.15) is 64.7 Å². The Hall–Kier alpha value is -1.07. The summed E-state index contributed by atoms with van der Waals surface area (Å²) in [6.45, 7) is 2.23. The van der Waals surface area contributed by atoms with Crippen molar-refractivity contribution in [3.63, 3.8) is 0 Å². The number of allylic oxidation sites excluding steroid dienone is 2. The summed E-state index contributed by atoms with van der Waals surface area (Å²) in [5, 5.41) is 10.9. The van der Waals surface area contributed by atoms with Gasteiger partial charge in [-0.05, 0) is 62.7 Å². The summed E-state index contributed by atoms with van der Waals surface area (Å²) in [6.07, 6.45) is 14.5. The van der Waals surface area contributed by atoms with Gasteiger partial charge in [0.05, 0.1) is 0 Å². The standard InChI is InChI=1S/C20H26O2/c1-3-20(22)11-9-18-17-6-4-13-12-14(21)5-7-15(13)16(17)8-10-19(18,20)2/h1,16-18,22H,4-12H2,2H3/t16-,17+,18-,19+,20-/m0/s1. The Morgan fingerprint density at radius 1 is 1.18 bits per heavy atom. The molecular formula is C20H26O2. The third kappa shape index (κ3) is 1.75. The zero-order valence-corrected chi connectivity index (χ0v) is 13.5. The molecule has 0 amide bonds. The van der Waals surface area contributed by atoms with Crippen LogP contribution >= 0.6 is 0 Å². The fourth-order valence-electron chi connectivity index (χ4n) is 6.30. The van der Waals surface area contributed by atoms with Gasteiger partial charge in [0.2, 0.25) is 0 Å². The highest BCUT2D eigenvalue weighted by Gasteiger charge is 2.61. The summed E-state index contributed by atoms with van der Waals surface area (Å²) in [5.41, 5.74) is 2.08. The molecule has 0 bridgehead atoms. The van der Waals surface area contributed by atoms with Crippen molar-refractivity contribution < 1.29 is 9.90 Å². The van der Waals surface area contributed by atoms with Gasteiger partial charge < -0.3 is 5.11 Å². The summed E-state index contributed by atoms with van der Waals surface area (Å²) in [7, 11) is 0. The molecule has 5 atom stereocenters. The molecule has 2 nitrogen and oxygen atoms in total. The number of hydrogen-bond donors (Lipinski definition) is 1. The van der Waals surface area contributed by atoms with E-state index >= 15 is 0 Å². The van der Waals surface area contributed by atoms with E-state index in [1.807, 2.05) is 0 Å². The number of carbonyl (C=O) groups excluding carboxylic acids is 1. The van der Waals surface area contributed by atoms with Crippen LogP contribution in [-0.4, -0.2) is 16.5 Å². The van der Waals surface area contributed by atoms with Crippen LogP contribution < -0.4 is 0 Å². The fourth-order valence-corrected chi connectivity index (χ4v) is 6.30. The topological polar surface area (TPSA) is 37.3 Å². The summed E-state index contributed by atoms with van der Waals surface area (Å²) < 4.78 is 0. The first kappa shape index (κ1) is 14.5. The lowest BCUT2D eigenvalue weighted by atomic mass is 9.52. The van der Waals surface area contributed by atoms with Crippen LogP contribution in [-0.2, 0) is 4.79 Å². The molecule has 4 aliphatic rings. The van der Waals surface area contributed by atoms with Gasteiger partial charge in [0.25, 0.3) is 0 Å². The lowest BCUT2D eigenvalue weighted by Crippen LogP contribution is -2.50. The molecule has 22 heavy (non-hydrogen) atoms. The third-order valence-electron chi connectivity index (χ3n) is 7.59. The smallest absolute Gasteiger partial charge is 0.137 e. The number of fused-ring (bicyclic) bond motifs is 4. The van der Waals surface area contributed by atoms with Gasteiger partial charge in [-0.3, -0.25) is 4.79 Å². The number of hydrogen-bond acceptors (Lipinski definition) is 2. The molecular weight excluding hydrogens is 272 g/mol. The monoisotopic (exact) mass is 298 g/mol. The first-order chi connectivity index (χ1) is 10.5. The molecule has 2 fully saturated rings. The Labute approximate surface area is 133 Å². The second-order valence-corrected chi connectivity index (χ2v) is 8.26. The van der Waals surface area contributed by atoms with E-state index in [0.29, 0.717) is 23.5 Å². The van der Waals surface area contributed by atoms with Crippen LogP contribution in [0, 0.1) is 35.5 Å². The van der Waals surface area contributed by atoms with Gasteiger partial charge in [-0.15, -0.1) is 6.42 Å². The van der Waals surface area contributed by atoms with Crippen molar-refractivity contribution in [2.75, 3.05) is 0 Å². The third-order valence-corrected chi connectivity index (χ3v) is 7.59. The molecule has 0 aliphatic heterocycles. The first-order valence-corrected chi connectivity index (χ1v) is 8.91. The summed E-state index contributed by atoms with van der Waals surface area (Å²) in [6, 6.07) is 0. The number of Topliss-reactive ketones (excluding diaryl/α,β-unsaturated/α-hetero) is 1. The molecule has 2 heteroatoms. The summed E-state index contributed by atoms with van der Waals surface area (Å²) in [4.78, 5) is 11.7. The predicted octanol–water partition coefficient (Wildman–Crippen LogP) is 3.64. The largest absolute Gasteiger partial charge is 0.377 e. The van der Waals surface area contributed by atoms with Crippen molar-refractivity contribution in [2.45, 2.75) is 70.3 Å². The molecule has 0 aromatic heterocycles. The second-order valence-electron chi connectivity index (χ2n) is 8.26. The van der Waals surface area contributed by atoms with Crippen LogP contribution in [0.25, 0.3) is 0 Å². The van der Waals surface area contributed by atoms with Crippen molar-refractivity contribution in [3.05, 3.63) is 11.1 Å². The van der Waals surface area contributed by atoms with Crippen LogP contribution in [0.3, 0.4) is 0 Å². The van der Waals surface area contributed by atoms with Gasteiger partial charge in [0, 0.05) is 18.3 Å². The Bertz CT molecular complexity index is 595. The van der Waals surface area contributed by atoms with Crippen molar-refractivity contribution in [2.24, 2.45) is 23.2 Å². The van der Waals surface area contributed by atoms with Gasteiger partial charge in [-0.2, -0.15) is 0 Å². The molecule has 0 aromatic carbocycles. The van der Waals surface area contributed by atoms with E-state index in [1.54, 1.807) is 5.57 Å². The molecule has 0 aromatic rings. The number of ketones is 1. The quantitative estimate of drug-likeness (QED) is 0.547. The highest BCUT2D eigenvalue weighted by Crippen LogP contribution is 2.64. The summed E-state index contributed by atoms with van der Waals surface area (Å²) >= 11 is 0. The molecule has 4 rings (SSSR count). The van der Waals surface area contributed by atoms with Gasteiger partial charge in [-0.1, -0.05) is 24.0 Å². The van der Waals surface area contributed by atoms with E-state index in [9.17, 15) is 9.90 Å². The fraction of sp³-hybridized carbons (Fsp3) is 0.750. The Morgan fingerprint density at radius 3 is 2.77 bits per heavy atom. The normalized spacial score (nSPS) is 47.5. The lowest BCUT2D eigenvalue weighted by molar-refractivity contribution is -0.119. The zero-order chi connectivity index (χ0) is 15.5. The molecule has 0 spiro atoms. The van der Waals surface area contributed by atoms with Gasteiger partial charge in [0.15, 0.2) is 0 Å². The zero-order valence-electron chi connectivity index (χ0n) is 13.5. The molecule has 0 heterocycles. The minimum Gasteiger partial charge on any atom is -0.377 e. The molecule has 0 radical (unpaired) electrons. The van der Waals surface area contributed by atoms with Gasteiger partial charge in [0.1, 0.15) is 11.4 Å². The first-order valence-electron chi connectivity index (χ1n) is 8.91. The van der Waals surface area contributed by atoms with Gasteiger partial charge >= 0.3 is 0 Å². The van der Waals surface area contributed by atoms with Crippen LogP contribution in [0.5, 0.6) is 0 Å². The SMILES string of the molecule is C#C[C@]1(O)CC[C@H]2[C@@H]3CCC4=C(CCC(=O)C4)[C@@H]3CC[C@]21C. The number of aliphatic hydroxyl groups is 1. The van der Waals surface area contributed by atoms with Crippen molar-refractivity contribution in [1.82, 2.24) is 0 Å². The average molecular weight is 298 g/mol. The molecule has 0 saturated heterocycles. The number of rotatable bonds is 0. The maximum absolute atomic E-state index is 11.7. The predicted molar refractivity (Wildman–Crippen MR) is 85.9 cm³/mol. The minimum absolute atomic E-state index is 0.106. The Kier molecular flexibility index (Phi) is 3.11. The van der Waals surface area contributed by atoms with Crippen LogP contribution in [0.2, 0.25) is 0 Å². The molecule has 1 N–H and O–H groups in total. The van der Waals surface area contributed by atoms with Crippen LogP contribution in [0.4, 0.5) is 0 Å². The van der Waals surface area contributed by atoms with E-state index in [1.165, 1.54) is 12.0 Å². The maximum Gasteiger partial charge on any atom is 0.137 e. The number of terminal acetylenes is 1.